The Morgan fingerprint density at radius 3 is 2.55 bits per heavy atom. The molecule has 0 spiro atoms. The Morgan fingerprint density at radius 1 is 1.27 bits per heavy atom. The van der Waals surface area contributed by atoms with Crippen LogP contribution in [0, 0.1) is 0 Å². The molecule has 4 heteroatoms. The van der Waals surface area contributed by atoms with Crippen LogP contribution in [0.1, 0.15) is 30.1 Å². The average Bonchev–Trinajstić information content (AvgIpc) is 2.51. The van der Waals surface area contributed by atoms with Gasteiger partial charge >= 0.3 is 0 Å². The van der Waals surface area contributed by atoms with Gasteiger partial charge in [0, 0.05) is 11.8 Å². The number of hydrogen-bond donors (Lipinski definition) is 1. The molecule has 0 radical (unpaired) electrons. The summed E-state index contributed by atoms with van der Waals surface area (Å²) in [4.78, 5) is 15.2. The van der Waals surface area contributed by atoms with Crippen molar-refractivity contribution < 1.29 is 9.53 Å². The van der Waals surface area contributed by atoms with Gasteiger partial charge in [0.1, 0.15) is 5.76 Å². The van der Waals surface area contributed by atoms with Crippen molar-refractivity contribution in [2.45, 2.75) is 19.8 Å². The van der Waals surface area contributed by atoms with Crippen molar-refractivity contribution in [1.82, 2.24) is 0 Å². The molecule has 116 valence electrons. The number of amides is 1. The summed E-state index contributed by atoms with van der Waals surface area (Å²) in [5.74, 6) is 0.151. The summed E-state index contributed by atoms with van der Waals surface area (Å²) in [6, 6.07) is 6.72. The molecule has 1 rings (SSSR count). The standard InChI is InChI=1S/C18H22N2O2/c1-4-5-12-22-15(3)7-6-14(2)13-20-17-10-8-16(9-11-17)18(19)21/h6-11,13H,2-5,12H2,1H3,(H2,19,21)/b7-6-,20-13?. The highest BCUT2D eigenvalue weighted by Crippen LogP contribution is 2.12. The second-order valence-corrected chi connectivity index (χ2v) is 4.75. The number of nitrogens with zero attached hydrogens (tertiary/aromatic N) is 1. The van der Waals surface area contributed by atoms with Gasteiger partial charge in [0.2, 0.25) is 5.91 Å². The molecule has 0 aromatic heterocycles. The fourth-order valence-electron chi connectivity index (χ4n) is 1.51. The van der Waals surface area contributed by atoms with Crippen LogP contribution in [0.3, 0.4) is 0 Å². The Bertz CT molecular complexity index is 584. The van der Waals surface area contributed by atoms with Crippen molar-refractivity contribution in [1.29, 1.82) is 0 Å². The van der Waals surface area contributed by atoms with Crippen LogP contribution in [0.15, 0.2) is 65.9 Å². The molecule has 0 saturated carbocycles. The Hall–Kier alpha value is -2.62. The number of aliphatic imine (C=N–C) groups is 1. The Balaban J connectivity index is 2.50. The highest BCUT2D eigenvalue weighted by atomic mass is 16.5. The van der Waals surface area contributed by atoms with Gasteiger partial charge in [-0.1, -0.05) is 32.6 Å². The van der Waals surface area contributed by atoms with E-state index in [1.54, 1.807) is 42.6 Å². The third-order valence-electron chi connectivity index (χ3n) is 2.80. The largest absolute Gasteiger partial charge is 0.494 e. The first kappa shape index (κ1) is 17.4. The molecule has 1 aromatic rings. The van der Waals surface area contributed by atoms with E-state index in [4.69, 9.17) is 10.5 Å². The SMILES string of the molecule is C=C(C=Nc1ccc(C(N)=O)cc1)/C=C\C(=C)OCCCC. The Labute approximate surface area is 131 Å². The molecule has 0 unspecified atom stereocenters. The van der Waals surface area contributed by atoms with Gasteiger partial charge in [-0.15, -0.1) is 0 Å². The predicted molar refractivity (Wildman–Crippen MR) is 91.4 cm³/mol. The molecule has 0 aliphatic carbocycles. The van der Waals surface area contributed by atoms with Crippen LogP contribution >= 0.6 is 0 Å². The lowest BCUT2D eigenvalue weighted by Crippen LogP contribution is -2.10. The van der Waals surface area contributed by atoms with Crippen molar-refractivity contribution >= 4 is 17.8 Å². The molecule has 2 N–H and O–H groups in total. The second-order valence-electron chi connectivity index (χ2n) is 4.75. The first-order chi connectivity index (χ1) is 10.5. The Morgan fingerprint density at radius 2 is 1.95 bits per heavy atom. The summed E-state index contributed by atoms with van der Waals surface area (Å²) >= 11 is 0. The molecule has 0 fully saturated rings. The zero-order valence-corrected chi connectivity index (χ0v) is 12.9. The van der Waals surface area contributed by atoms with E-state index in [1.165, 1.54) is 0 Å². The summed E-state index contributed by atoms with van der Waals surface area (Å²) in [7, 11) is 0. The second kappa shape index (κ2) is 9.34. The molecule has 0 aliphatic heterocycles. The van der Waals surface area contributed by atoms with E-state index in [2.05, 4.69) is 25.1 Å². The van der Waals surface area contributed by atoms with E-state index in [9.17, 15) is 4.79 Å². The number of carbonyl (C=O) groups excluding carboxylic acids is 1. The number of benzene rings is 1. The average molecular weight is 298 g/mol. The third-order valence-corrected chi connectivity index (χ3v) is 2.80. The molecule has 1 aromatic carbocycles. The first-order valence-electron chi connectivity index (χ1n) is 7.15. The summed E-state index contributed by atoms with van der Waals surface area (Å²) < 4.78 is 5.42. The summed E-state index contributed by atoms with van der Waals surface area (Å²) in [5.41, 5.74) is 7.07. The molecular weight excluding hydrogens is 276 g/mol. The van der Waals surface area contributed by atoms with Crippen LogP contribution in [0.4, 0.5) is 5.69 Å². The lowest BCUT2D eigenvalue weighted by Gasteiger charge is -2.03. The van der Waals surface area contributed by atoms with Gasteiger partial charge in [-0.2, -0.15) is 0 Å². The van der Waals surface area contributed by atoms with Crippen LogP contribution in [0.5, 0.6) is 0 Å². The third kappa shape index (κ3) is 6.70. The van der Waals surface area contributed by atoms with Gasteiger partial charge in [-0.25, -0.2) is 0 Å². The van der Waals surface area contributed by atoms with Crippen LogP contribution < -0.4 is 5.73 Å². The minimum atomic E-state index is -0.454. The minimum absolute atomic E-state index is 0.454. The number of ether oxygens (including phenoxy) is 1. The normalized spacial score (nSPS) is 11.0. The van der Waals surface area contributed by atoms with Crippen molar-refractivity contribution in [3.8, 4) is 0 Å². The van der Waals surface area contributed by atoms with Crippen molar-refractivity contribution in [2.24, 2.45) is 10.7 Å². The van der Waals surface area contributed by atoms with E-state index >= 15 is 0 Å². The van der Waals surface area contributed by atoms with Gasteiger partial charge in [0.05, 0.1) is 12.3 Å². The highest BCUT2D eigenvalue weighted by molar-refractivity contribution is 5.93. The van der Waals surface area contributed by atoms with Crippen LogP contribution in [-0.4, -0.2) is 18.7 Å². The van der Waals surface area contributed by atoms with Gasteiger partial charge < -0.3 is 10.5 Å². The van der Waals surface area contributed by atoms with E-state index in [0.717, 1.165) is 24.1 Å². The van der Waals surface area contributed by atoms with Gasteiger partial charge in [0.25, 0.3) is 0 Å². The first-order valence-corrected chi connectivity index (χ1v) is 7.15. The molecular formula is C18H22N2O2. The minimum Gasteiger partial charge on any atom is -0.494 e. The number of hydrogen-bond acceptors (Lipinski definition) is 3. The fourth-order valence-corrected chi connectivity index (χ4v) is 1.51. The fraction of sp³-hybridized carbons (Fsp3) is 0.222. The quantitative estimate of drug-likeness (QED) is 0.325. The maximum Gasteiger partial charge on any atom is 0.248 e. The van der Waals surface area contributed by atoms with Crippen LogP contribution in [0.25, 0.3) is 0 Å². The van der Waals surface area contributed by atoms with Crippen molar-refractivity contribution in [3.63, 3.8) is 0 Å². The predicted octanol–water partition coefficient (Wildman–Crippen LogP) is 3.93. The number of primary amides is 1. The van der Waals surface area contributed by atoms with Crippen molar-refractivity contribution in [3.05, 3.63) is 66.5 Å². The molecule has 0 saturated heterocycles. The monoisotopic (exact) mass is 298 g/mol. The number of rotatable bonds is 9. The van der Waals surface area contributed by atoms with Crippen LogP contribution in [0.2, 0.25) is 0 Å². The number of nitrogens with two attached hydrogens (primary N) is 1. The molecule has 4 nitrogen and oxygen atoms in total. The molecule has 0 atom stereocenters. The zero-order valence-electron chi connectivity index (χ0n) is 12.9. The Kier molecular flexibility index (Phi) is 7.40. The van der Waals surface area contributed by atoms with E-state index in [1.807, 2.05) is 0 Å². The molecule has 22 heavy (non-hydrogen) atoms. The number of unbranched alkanes of at least 4 members (excludes halogenated alkanes) is 1. The lowest BCUT2D eigenvalue weighted by molar-refractivity contribution is 0.100. The molecule has 1 amide bonds. The van der Waals surface area contributed by atoms with Crippen molar-refractivity contribution in [2.75, 3.05) is 6.61 Å². The van der Waals surface area contributed by atoms with Gasteiger partial charge in [0.15, 0.2) is 0 Å². The maximum atomic E-state index is 11.0. The maximum absolute atomic E-state index is 11.0. The highest BCUT2D eigenvalue weighted by Gasteiger charge is 1.98. The summed E-state index contributed by atoms with van der Waals surface area (Å²) in [6.07, 6.45) is 7.28. The lowest BCUT2D eigenvalue weighted by atomic mass is 10.2. The summed E-state index contributed by atoms with van der Waals surface area (Å²) in [6.45, 7) is 10.5. The molecule has 0 aliphatic rings. The van der Waals surface area contributed by atoms with Gasteiger partial charge in [-0.05, 0) is 42.3 Å². The van der Waals surface area contributed by atoms with E-state index in [0.29, 0.717) is 17.9 Å². The molecule has 0 heterocycles. The van der Waals surface area contributed by atoms with Gasteiger partial charge in [-0.3, -0.25) is 9.79 Å². The van der Waals surface area contributed by atoms with E-state index in [-0.39, 0.29) is 0 Å². The zero-order chi connectivity index (χ0) is 16.4. The molecule has 0 bridgehead atoms. The summed E-state index contributed by atoms with van der Waals surface area (Å²) in [5, 5.41) is 0. The van der Waals surface area contributed by atoms with Crippen LogP contribution in [-0.2, 0) is 4.74 Å². The topological polar surface area (TPSA) is 64.7 Å². The number of carbonyl (C=O) groups is 1. The van der Waals surface area contributed by atoms with E-state index < -0.39 is 5.91 Å². The number of allylic oxidation sites excluding steroid dienone is 3. The smallest absolute Gasteiger partial charge is 0.248 e.